The van der Waals surface area contributed by atoms with E-state index in [1.54, 1.807) is 24.1 Å². The summed E-state index contributed by atoms with van der Waals surface area (Å²) in [5, 5.41) is 0.715. The molecular weight excluding hydrogens is 505 g/mol. The molecule has 7 heteroatoms. The first-order valence-electron chi connectivity index (χ1n) is 12.2. The maximum absolute atomic E-state index is 13.2. The Hall–Kier alpha value is -3.48. The Morgan fingerprint density at radius 3 is 2.11 bits per heavy atom. The van der Waals surface area contributed by atoms with Gasteiger partial charge in [-0.2, -0.15) is 0 Å². The Morgan fingerprint density at radius 2 is 1.46 bits per heavy atom. The summed E-state index contributed by atoms with van der Waals surface area (Å²) in [6.07, 6.45) is 0. The number of benzene rings is 4. The van der Waals surface area contributed by atoms with Gasteiger partial charge in [0.15, 0.2) is 0 Å². The summed E-state index contributed by atoms with van der Waals surface area (Å²) in [5.74, 6) is -0.208. The molecular formula is C30H27ClFN3OS. The third kappa shape index (κ3) is 6.45. The highest BCUT2D eigenvalue weighted by Crippen LogP contribution is 2.31. The zero-order chi connectivity index (χ0) is 25.6. The van der Waals surface area contributed by atoms with Crippen LogP contribution in [0.25, 0.3) is 0 Å². The van der Waals surface area contributed by atoms with E-state index in [0.29, 0.717) is 30.2 Å². The molecule has 1 saturated heterocycles. The first kappa shape index (κ1) is 25.2. The molecule has 0 unspecified atom stereocenters. The SMILES string of the molecule is O=C(c1ccc(N(Cc2ccc(Cl)cc2)Sc2ccccc2)cc1)N1CCN(c2ccc(F)cc2)CC1. The van der Waals surface area contributed by atoms with Crippen molar-refractivity contribution in [2.24, 2.45) is 0 Å². The summed E-state index contributed by atoms with van der Waals surface area (Å²) < 4.78 is 15.5. The zero-order valence-electron chi connectivity index (χ0n) is 20.3. The van der Waals surface area contributed by atoms with Crippen LogP contribution in [0, 0.1) is 5.82 Å². The number of nitrogens with zero attached hydrogens (tertiary/aromatic N) is 3. The zero-order valence-corrected chi connectivity index (χ0v) is 21.8. The summed E-state index contributed by atoms with van der Waals surface area (Å²) >= 11 is 7.74. The standard InChI is InChI=1S/C30H27ClFN3OS/c31-25-10-6-23(7-11-25)22-35(37-29-4-2-1-3-5-29)28-14-8-24(9-15-28)30(36)34-20-18-33(19-21-34)27-16-12-26(32)13-17-27/h1-17H,18-22H2. The van der Waals surface area contributed by atoms with E-state index in [1.165, 1.54) is 12.1 Å². The van der Waals surface area contributed by atoms with E-state index in [0.717, 1.165) is 34.9 Å². The molecule has 0 aliphatic carbocycles. The molecule has 0 saturated carbocycles. The summed E-state index contributed by atoms with van der Waals surface area (Å²) in [7, 11) is 0. The fourth-order valence-electron chi connectivity index (χ4n) is 4.31. The fraction of sp³-hybridized carbons (Fsp3) is 0.167. The molecule has 0 radical (unpaired) electrons. The van der Waals surface area contributed by atoms with Gasteiger partial charge in [0.25, 0.3) is 5.91 Å². The van der Waals surface area contributed by atoms with Gasteiger partial charge in [-0.05, 0) is 90.3 Å². The van der Waals surface area contributed by atoms with E-state index in [-0.39, 0.29) is 11.7 Å². The lowest BCUT2D eigenvalue weighted by atomic mass is 10.1. The van der Waals surface area contributed by atoms with Crippen LogP contribution < -0.4 is 9.21 Å². The van der Waals surface area contributed by atoms with Gasteiger partial charge in [0, 0.05) is 53.0 Å². The first-order chi connectivity index (χ1) is 18.0. The van der Waals surface area contributed by atoms with Crippen LogP contribution in [0.1, 0.15) is 15.9 Å². The van der Waals surface area contributed by atoms with Crippen LogP contribution in [0.5, 0.6) is 0 Å². The lowest BCUT2D eigenvalue weighted by Crippen LogP contribution is -2.48. The van der Waals surface area contributed by atoms with Crippen LogP contribution in [0.2, 0.25) is 5.02 Å². The number of hydrogen-bond acceptors (Lipinski definition) is 4. The Balaban J connectivity index is 1.26. The second kappa shape index (κ2) is 11.7. The Morgan fingerprint density at radius 1 is 0.811 bits per heavy atom. The van der Waals surface area contributed by atoms with Gasteiger partial charge >= 0.3 is 0 Å². The highest BCUT2D eigenvalue weighted by atomic mass is 35.5. The minimum absolute atomic E-state index is 0.0327. The van der Waals surface area contributed by atoms with Crippen LogP contribution >= 0.6 is 23.5 Å². The molecule has 4 aromatic carbocycles. The van der Waals surface area contributed by atoms with Crippen molar-refractivity contribution in [2.45, 2.75) is 11.4 Å². The van der Waals surface area contributed by atoms with Gasteiger partial charge in [-0.15, -0.1) is 0 Å². The molecule has 4 nitrogen and oxygen atoms in total. The van der Waals surface area contributed by atoms with Crippen molar-refractivity contribution in [3.8, 4) is 0 Å². The Kier molecular flexibility index (Phi) is 7.97. The number of rotatable bonds is 7. The molecule has 1 aliphatic heterocycles. The molecule has 0 N–H and O–H groups in total. The summed E-state index contributed by atoms with van der Waals surface area (Å²) in [6, 6.07) is 32.5. The average molecular weight is 532 g/mol. The lowest BCUT2D eigenvalue weighted by Gasteiger charge is -2.36. The molecule has 37 heavy (non-hydrogen) atoms. The number of piperazine rings is 1. The van der Waals surface area contributed by atoms with Crippen molar-refractivity contribution >= 4 is 40.8 Å². The number of carbonyl (C=O) groups is 1. The number of hydrogen-bond donors (Lipinski definition) is 0. The highest BCUT2D eigenvalue weighted by molar-refractivity contribution is 8.00. The second-order valence-electron chi connectivity index (χ2n) is 8.87. The Bertz CT molecular complexity index is 1310. The molecule has 1 amide bonds. The molecule has 0 atom stereocenters. The van der Waals surface area contributed by atoms with Crippen LogP contribution in [0.4, 0.5) is 15.8 Å². The number of anilines is 2. The molecule has 4 aromatic rings. The van der Waals surface area contributed by atoms with E-state index in [2.05, 4.69) is 21.3 Å². The third-order valence-electron chi connectivity index (χ3n) is 6.36. The molecule has 1 aliphatic rings. The van der Waals surface area contributed by atoms with Gasteiger partial charge < -0.3 is 14.1 Å². The quantitative estimate of drug-likeness (QED) is 0.236. The molecule has 5 rings (SSSR count). The third-order valence-corrected chi connectivity index (χ3v) is 7.65. The maximum Gasteiger partial charge on any atom is 0.253 e. The van der Waals surface area contributed by atoms with Gasteiger partial charge in [-0.3, -0.25) is 4.79 Å². The number of amides is 1. The van der Waals surface area contributed by atoms with Gasteiger partial charge in [0.2, 0.25) is 0 Å². The van der Waals surface area contributed by atoms with Crippen molar-refractivity contribution in [1.82, 2.24) is 4.90 Å². The van der Waals surface area contributed by atoms with E-state index >= 15 is 0 Å². The van der Waals surface area contributed by atoms with Crippen LogP contribution in [0.3, 0.4) is 0 Å². The molecule has 0 aromatic heterocycles. The smallest absolute Gasteiger partial charge is 0.253 e. The van der Waals surface area contributed by atoms with Gasteiger partial charge in [-0.25, -0.2) is 4.39 Å². The molecule has 0 bridgehead atoms. The van der Waals surface area contributed by atoms with Crippen molar-refractivity contribution in [3.05, 3.63) is 125 Å². The summed E-state index contributed by atoms with van der Waals surface area (Å²) in [4.78, 5) is 18.4. The molecule has 1 fully saturated rings. The first-order valence-corrected chi connectivity index (χ1v) is 13.4. The van der Waals surface area contributed by atoms with Crippen LogP contribution in [0.15, 0.2) is 108 Å². The van der Waals surface area contributed by atoms with Crippen molar-refractivity contribution in [2.75, 3.05) is 35.4 Å². The maximum atomic E-state index is 13.2. The van der Waals surface area contributed by atoms with Gasteiger partial charge in [0.05, 0.1) is 6.54 Å². The predicted molar refractivity (Wildman–Crippen MR) is 151 cm³/mol. The minimum Gasteiger partial charge on any atom is -0.368 e. The highest BCUT2D eigenvalue weighted by Gasteiger charge is 2.22. The largest absolute Gasteiger partial charge is 0.368 e. The van der Waals surface area contributed by atoms with Crippen molar-refractivity contribution in [3.63, 3.8) is 0 Å². The van der Waals surface area contributed by atoms with Crippen molar-refractivity contribution in [1.29, 1.82) is 0 Å². The summed E-state index contributed by atoms with van der Waals surface area (Å²) in [5.41, 5.74) is 3.82. The van der Waals surface area contributed by atoms with Crippen molar-refractivity contribution < 1.29 is 9.18 Å². The fourth-order valence-corrected chi connectivity index (χ4v) is 5.41. The molecule has 188 valence electrons. The Labute approximate surface area is 226 Å². The normalized spacial score (nSPS) is 13.5. The molecule has 0 spiro atoms. The monoisotopic (exact) mass is 531 g/mol. The van der Waals surface area contributed by atoms with E-state index in [9.17, 15) is 9.18 Å². The van der Waals surface area contributed by atoms with E-state index in [1.807, 2.05) is 71.6 Å². The average Bonchev–Trinajstić information content (AvgIpc) is 2.95. The summed E-state index contributed by atoms with van der Waals surface area (Å²) in [6.45, 7) is 3.39. The van der Waals surface area contributed by atoms with E-state index < -0.39 is 0 Å². The number of halogens is 2. The van der Waals surface area contributed by atoms with Crippen LogP contribution in [-0.2, 0) is 6.54 Å². The van der Waals surface area contributed by atoms with E-state index in [4.69, 9.17) is 11.6 Å². The lowest BCUT2D eigenvalue weighted by molar-refractivity contribution is 0.0747. The minimum atomic E-state index is -0.241. The second-order valence-corrected chi connectivity index (χ2v) is 10.4. The van der Waals surface area contributed by atoms with Crippen LogP contribution in [-0.4, -0.2) is 37.0 Å². The number of carbonyl (C=O) groups excluding carboxylic acids is 1. The van der Waals surface area contributed by atoms with Gasteiger partial charge in [0.1, 0.15) is 5.82 Å². The topological polar surface area (TPSA) is 26.8 Å². The van der Waals surface area contributed by atoms with Gasteiger partial charge in [-0.1, -0.05) is 41.9 Å². The molecule has 1 heterocycles. The predicted octanol–water partition coefficient (Wildman–Crippen LogP) is 7.16.